The standard InChI is InChI=1S/C33H35Cl2F3N4O3/c1-5-45-28-20-24(33(36,37)38)10-15-27(28)29-39-31(3,22-6-11-25(34)12-7-22)32(4,23-8-13-26(35)14-9-23)42(29)30(44)41-18-16-40(17-19-41)21(2)43/h6-15,20,30,44H,5,16-19H2,1-4H3/t30?,31-,32+/m0/s1. The Morgan fingerprint density at radius 3 is 2.02 bits per heavy atom. The zero-order valence-corrected chi connectivity index (χ0v) is 26.9. The number of nitrogens with zero attached hydrogens (tertiary/aromatic N) is 4. The molecule has 2 heterocycles. The molecule has 12 heteroatoms. The molecule has 0 aliphatic carbocycles. The van der Waals surface area contributed by atoms with E-state index in [9.17, 15) is 23.1 Å². The van der Waals surface area contributed by atoms with Crippen molar-refractivity contribution < 1.29 is 27.8 Å². The molecule has 45 heavy (non-hydrogen) atoms. The summed E-state index contributed by atoms with van der Waals surface area (Å²) in [6.45, 7) is 8.72. The maximum absolute atomic E-state index is 13.8. The zero-order valence-electron chi connectivity index (χ0n) is 25.4. The molecule has 0 radical (unpaired) electrons. The van der Waals surface area contributed by atoms with Crippen molar-refractivity contribution in [3.63, 3.8) is 0 Å². The van der Waals surface area contributed by atoms with Crippen molar-refractivity contribution in [2.45, 2.75) is 51.3 Å². The lowest BCUT2D eigenvalue weighted by Gasteiger charge is -2.51. The molecule has 1 N–H and O–H groups in total. The number of amides is 1. The summed E-state index contributed by atoms with van der Waals surface area (Å²) >= 11 is 12.6. The number of carbonyl (C=O) groups is 1. The molecule has 0 spiro atoms. The van der Waals surface area contributed by atoms with Crippen LogP contribution in [0.25, 0.3) is 0 Å². The minimum atomic E-state index is -4.59. The van der Waals surface area contributed by atoms with Gasteiger partial charge in [-0.3, -0.25) is 14.7 Å². The Morgan fingerprint density at radius 2 is 1.51 bits per heavy atom. The van der Waals surface area contributed by atoms with Crippen LogP contribution in [0.1, 0.15) is 49.9 Å². The molecule has 0 bridgehead atoms. The van der Waals surface area contributed by atoms with Gasteiger partial charge in [0.15, 0.2) is 6.35 Å². The van der Waals surface area contributed by atoms with Crippen LogP contribution in [0.2, 0.25) is 10.0 Å². The van der Waals surface area contributed by atoms with E-state index in [4.69, 9.17) is 32.9 Å². The van der Waals surface area contributed by atoms with Crippen LogP contribution in [0.5, 0.6) is 5.75 Å². The van der Waals surface area contributed by atoms with E-state index in [2.05, 4.69) is 0 Å². The van der Waals surface area contributed by atoms with Crippen molar-refractivity contribution in [3.8, 4) is 5.75 Å². The second-order valence-corrected chi connectivity index (χ2v) is 12.4. The molecule has 1 unspecified atom stereocenters. The Bertz CT molecular complexity index is 1580. The lowest BCUT2D eigenvalue weighted by molar-refractivity contribution is -0.146. The molecule has 1 fully saturated rings. The van der Waals surface area contributed by atoms with E-state index in [1.165, 1.54) is 13.0 Å². The van der Waals surface area contributed by atoms with Crippen LogP contribution in [0.3, 0.4) is 0 Å². The largest absolute Gasteiger partial charge is 0.493 e. The highest BCUT2D eigenvalue weighted by Crippen LogP contribution is 2.54. The summed E-state index contributed by atoms with van der Waals surface area (Å²) in [5.74, 6) is 0.187. The van der Waals surface area contributed by atoms with Gasteiger partial charge < -0.3 is 19.6 Å². The topological polar surface area (TPSA) is 68.6 Å². The van der Waals surface area contributed by atoms with Gasteiger partial charge in [-0.15, -0.1) is 0 Å². The van der Waals surface area contributed by atoms with Crippen molar-refractivity contribution in [3.05, 3.63) is 99.0 Å². The van der Waals surface area contributed by atoms with Crippen LogP contribution in [0.4, 0.5) is 13.2 Å². The smallest absolute Gasteiger partial charge is 0.416 e. The Hall–Kier alpha value is -3.31. The first kappa shape index (κ1) is 33.1. The number of alkyl halides is 3. The number of hydrogen-bond acceptors (Lipinski definition) is 6. The van der Waals surface area contributed by atoms with Gasteiger partial charge in [-0.1, -0.05) is 47.5 Å². The number of benzene rings is 3. The fourth-order valence-corrected chi connectivity index (χ4v) is 6.51. The maximum Gasteiger partial charge on any atom is 0.416 e. The van der Waals surface area contributed by atoms with E-state index in [-0.39, 0.29) is 24.1 Å². The highest BCUT2D eigenvalue weighted by atomic mass is 35.5. The number of hydrogen-bond donors (Lipinski definition) is 1. The number of rotatable bonds is 7. The molecular weight excluding hydrogens is 628 g/mol. The van der Waals surface area contributed by atoms with Crippen molar-refractivity contribution in [1.82, 2.24) is 14.7 Å². The number of aliphatic imine (C=N–C) groups is 1. The van der Waals surface area contributed by atoms with E-state index in [0.29, 0.717) is 41.8 Å². The lowest BCUT2D eigenvalue weighted by atomic mass is 9.71. The lowest BCUT2D eigenvalue weighted by Crippen LogP contribution is -2.63. The highest BCUT2D eigenvalue weighted by molar-refractivity contribution is 6.30. The minimum Gasteiger partial charge on any atom is -0.493 e. The summed E-state index contributed by atoms with van der Waals surface area (Å²) in [5.41, 5.74) is -1.26. The molecular formula is C33H35Cl2F3N4O3. The summed E-state index contributed by atoms with van der Waals surface area (Å²) < 4.78 is 47.2. The van der Waals surface area contributed by atoms with Crippen LogP contribution in [-0.2, 0) is 22.0 Å². The Labute approximate surface area is 270 Å². The fraction of sp³-hybridized carbons (Fsp3) is 0.394. The summed E-state index contributed by atoms with van der Waals surface area (Å²) in [4.78, 5) is 22.6. The predicted molar refractivity (Wildman–Crippen MR) is 168 cm³/mol. The second-order valence-electron chi connectivity index (χ2n) is 11.5. The van der Waals surface area contributed by atoms with E-state index < -0.39 is 29.2 Å². The van der Waals surface area contributed by atoms with Crippen molar-refractivity contribution in [2.24, 2.45) is 4.99 Å². The van der Waals surface area contributed by atoms with Gasteiger partial charge in [0, 0.05) is 43.1 Å². The number of carbonyl (C=O) groups excluding carboxylic acids is 1. The molecule has 2 aliphatic heterocycles. The average Bonchev–Trinajstić information content (AvgIpc) is 3.25. The van der Waals surface area contributed by atoms with Crippen LogP contribution in [0.15, 0.2) is 71.7 Å². The highest BCUT2D eigenvalue weighted by Gasteiger charge is 2.60. The Balaban J connectivity index is 1.76. The van der Waals surface area contributed by atoms with Gasteiger partial charge in [0.25, 0.3) is 0 Å². The molecule has 2 aliphatic rings. The number of aliphatic hydroxyl groups is 1. The maximum atomic E-state index is 13.8. The predicted octanol–water partition coefficient (Wildman–Crippen LogP) is 6.74. The van der Waals surface area contributed by atoms with Crippen molar-refractivity contribution >= 4 is 34.9 Å². The van der Waals surface area contributed by atoms with Gasteiger partial charge in [-0.25, -0.2) is 0 Å². The Morgan fingerprint density at radius 1 is 0.956 bits per heavy atom. The molecule has 7 nitrogen and oxygen atoms in total. The van der Waals surface area contributed by atoms with Gasteiger partial charge in [-0.05, 0) is 74.4 Å². The number of halogens is 5. The zero-order chi connectivity index (χ0) is 32.7. The number of aliphatic hydroxyl groups excluding tert-OH is 1. The van der Waals surface area contributed by atoms with Crippen LogP contribution in [0, 0.1) is 0 Å². The molecule has 240 valence electrons. The van der Waals surface area contributed by atoms with E-state index >= 15 is 0 Å². The van der Waals surface area contributed by atoms with Gasteiger partial charge >= 0.3 is 6.18 Å². The van der Waals surface area contributed by atoms with Crippen LogP contribution in [-0.4, -0.2) is 70.7 Å². The molecule has 5 rings (SSSR count). The third-order valence-corrected chi connectivity index (χ3v) is 9.47. The van der Waals surface area contributed by atoms with E-state index in [1.807, 2.05) is 43.0 Å². The van der Waals surface area contributed by atoms with Gasteiger partial charge in [-0.2, -0.15) is 13.2 Å². The molecule has 3 aromatic carbocycles. The van der Waals surface area contributed by atoms with Gasteiger partial charge in [0.05, 0.1) is 23.3 Å². The van der Waals surface area contributed by atoms with E-state index in [0.717, 1.165) is 23.3 Å². The Kier molecular flexibility index (Phi) is 9.16. The molecule has 1 saturated heterocycles. The summed E-state index contributed by atoms with van der Waals surface area (Å²) in [6.07, 6.45) is -5.88. The first-order valence-corrected chi connectivity index (χ1v) is 15.4. The number of ether oxygens (including phenoxy) is 1. The normalized spacial score (nSPS) is 23.2. The SMILES string of the molecule is CCOc1cc(C(F)(F)F)ccc1C1=N[C@@](C)(c2ccc(Cl)cc2)[C@@](C)(c2ccc(Cl)cc2)N1C(O)N1CCN(C(C)=O)CC1. The first-order chi connectivity index (χ1) is 21.2. The van der Waals surface area contributed by atoms with Gasteiger partial charge in [0.2, 0.25) is 5.91 Å². The summed E-state index contributed by atoms with van der Waals surface area (Å²) in [5, 5.41) is 13.4. The molecule has 0 saturated carbocycles. The molecule has 0 aromatic heterocycles. The van der Waals surface area contributed by atoms with Crippen molar-refractivity contribution in [1.29, 1.82) is 0 Å². The summed E-state index contributed by atoms with van der Waals surface area (Å²) in [7, 11) is 0. The quantitative estimate of drug-likeness (QED) is 0.303. The number of amidine groups is 1. The molecule has 3 atom stereocenters. The van der Waals surface area contributed by atoms with Gasteiger partial charge in [0.1, 0.15) is 17.1 Å². The fourth-order valence-electron chi connectivity index (χ4n) is 6.26. The van der Waals surface area contributed by atoms with E-state index in [1.54, 1.807) is 41.0 Å². The first-order valence-electron chi connectivity index (χ1n) is 14.6. The molecule has 3 aromatic rings. The third-order valence-electron chi connectivity index (χ3n) is 8.97. The number of piperazine rings is 1. The van der Waals surface area contributed by atoms with Crippen molar-refractivity contribution in [2.75, 3.05) is 32.8 Å². The average molecular weight is 664 g/mol. The second kappa shape index (κ2) is 12.5. The summed E-state index contributed by atoms with van der Waals surface area (Å²) in [6, 6.07) is 17.7. The van der Waals surface area contributed by atoms with Crippen LogP contribution >= 0.6 is 23.2 Å². The minimum absolute atomic E-state index is 0.0107. The molecule has 1 amide bonds. The third kappa shape index (κ3) is 6.01. The monoisotopic (exact) mass is 662 g/mol. The van der Waals surface area contributed by atoms with Crippen LogP contribution < -0.4 is 4.74 Å².